The molecule has 3 aromatic rings. The summed E-state index contributed by atoms with van der Waals surface area (Å²) in [6.45, 7) is 0. The molecule has 0 aromatic heterocycles. The van der Waals surface area contributed by atoms with Crippen molar-refractivity contribution in [1.82, 2.24) is 0 Å². The van der Waals surface area contributed by atoms with Gasteiger partial charge in [-0.15, -0.1) is 0 Å². The Labute approximate surface area is 212 Å². The van der Waals surface area contributed by atoms with Crippen LogP contribution in [-0.2, 0) is 9.59 Å². The van der Waals surface area contributed by atoms with Crippen molar-refractivity contribution in [3.63, 3.8) is 0 Å². The lowest BCUT2D eigenvalue weighted by Crippen LogP contribution is -2.32. The van der Waals surface area contributed by atoms with Crippen LogP contribution >= 0.6 is 11.6 Å². The van der Waals surface area contributed by atoms with Crippen molar-refractivity contribution in [2.24, 2.45) is 0 Å². The Kier molecular flexibility index (Phi) is 7.12. The van der Waals surface area contributed by atoms with Crippen LogP contribution in [0, 0.1) is 0 Å². The normalized spacial score (nSPS) is 13.1. The van der Waals surface area contributed by atoms with Crippen LogP contribution in [0.25, 0.3) is 0 Å². The standard InChI is InChI=1S/C26H22ClN3O6/c1-34-17-12-13-21(36-3)19(14-17)30-25(32)22(27)23(26(30)33)28-16-10-8-15(9-11-16)24(31)29-18-6-4-5-7-20(18)35-2/h4-14,28H,1-3H3,(H,29,31). The number of amides is 3. The predicted molar refractivity (Wildman–Crippen MR) is 136 cm³/mol. The fraction of sp³-hybridized carbons (Fsp3) is 0.115. The van der Waals surface area contributed by atoms with E-state index in [4.69, 9.17) is 25.8 Å². The summed E-state index contributed by atoms with van der Waals surface area (Å²) < 4.78 is 15.8. The lowest BCUT2D eigenvalue weighted by molar-refractivity contribution is -0.120. The number of halogens is 1. The molecule has 0 fully saturated rings. The average molecular weight is 508 g/mol. The van der Waals surface area contributed by atoms with E-state index in [-0.39, 0.29) is 22.3 Å². The molecular weight excluding hydrogens is 486 g/mol. The summed E-state index contributed by atoms with van der Waals surface area (Å²) in [6.07, 6.45) is 0. The third-order valence-electron chi connectivity index (χ3n) is 5.43. The molecule has 0 atom stereocenters. The van der Waals surface area contributed by atoms with Gasteiger partial charge in [0.2, 0.25) is 0 Å². The largest absolute Gasteiger partial charge is 0.497 e. The molecule has 4 rings (SSSR count). The molecule has 1 aliphatic heterocycles. The summed E-state index contributed by atoms with van der Waals surface area (Å²) in [5.74, 6) is -0.434. The third-order valence-corrected chi connectivity index (χ3v) is 5.78. The molecule has 36 heavy (non-hydrogen) atoms. The number of methoxy groups -OCH3 is 3. The van der Waals surface area contributed by atoms with E-state index in [1.807, 2.05) is 0 Å². The highest BCUT2D eigenvalue weighted by Gasteiger charge is 2.40. The molecule has 0 radical (unpaired) electrons. The van der Waals surface area contributed by atoms with Crippen molar-refractivity contribution in [1.29, 1.82) is 0 Å². The highest BCUT2D eigenvalue weighted by Crippen LogP contribution is 2.38. The van der Waals surface area contributed by atoms with Crippen molar-refractivity contribution in [2.75, 3.05) is 36.9 Å². The van der Waals surface area contributed by atoms with Gasteiger partial charge in [-0.1, -0.05) is 23.7 Å². The third kappa shape index (κ3) is 4.69. The molecule has 0 aliphatic carbocycles. The van der Waals surface area contributed by atoms with E-state index in [0.29, 0.717) is 34.2 Å². The molecule has 2 N–H and O–H groups in total. The summed E-state index contributed by atoms with van der Waals surface area (Å²) >= 11 is 6.24. The van der Waals surface area contributed by atoms with Crippen LogP contribution in [0.2, 0.25) is 0 Å². The van der Waals surface area contributed by atoms with E-state index in [9.17, 15) is 14.4 Å². The molecule has 3 amide bonds. The SMILES string of the molecule is COc1ccc(OC)c(N2C(=O)C(Cl)=C(Nc3ccc(C(=O)Nc4ccccc4OC)cc3)C2=O)c1. The summed E-state index contributed by atoms with van der Waals surface area (Å²) in [5.41, 5.74) is 1.47. The Balaban J connectivity index is 1.52. The first kappa shape index (κ1) is 24.6. The molecule has 3 aromatic carbocycles. The van der Waals surface area contributed by atoms with Crippen LogP contribution in [-0.4, -0.2) is 39.1 Å². The van der Waals surface area contributed by atoms with Crippen LogP contribution in [0.1, 0.15) is 10.4 Å². The van der Waals surface area contributed by atoms with Gasteiger partial charge in [0.05, 0.1) is 32.7 Å². The first-order chi connectivity index (χ1) is 17.4. The van der Waals surface area contributed by atoms with Crippen LogP contribution < -0.4 is 29.7 Å². The zero-order valence-corrected chi connectivity index (χ0v) is 20.4. The number of nitrogens with one attached hydrogen (secondary N) is 2. The second-order valence-electron chi connectivity index (χ2n) is 7.53. The van der Waals surface area contributed by atoms with Gasteiger partial charge < -0.3 is 24.8 Å². The number of rotatable bonds is 8. The average Bonchev–Trinajstić information content (AvgIpc) is 3.11. The van der Waals surface area contributed by atoms with E-state index < -0.39 is 11.8 Å². The second-order valence-corrected chi connectivity index (χ2v) is 7.91. The van der Waals surface area contributed by atoms with Gasteiger partial charge in [-0.05, 0) is 48.5 Å². The zero-order chi connectivity index (χ0) is 25.8. The summed E-state index contributed by atoms with van der Waals surface area (Å²) in [5, 5.41) is 5.40. The quantitative estimate of drug-likeness (QED) is 0.435. The Morgan fingerprint density at radius 1 is 0.833 bits per heavy atom. The summed E-state index contributed by atoms with van der Waals surface area (Å²) in [6, 6.07) is 18.1. The maximum atomic E-state index is 13.2. The maximum absolute atomic E-state index is 13.2. The van der Waals surface area contributed by atoms with Crippen molar-refractivity contribution in [3.05, 3.63) is 83.0 Å². The van der Waals surface area contributed by atoms with Gasteiger partial charge in [0.25, 0.3) is 17.7 Å². The monoisotopic (exact) mass is 507 g/mol. The molecule has 184 valence electrons. The van der Waals surface area contributed by atoms with Gasteiger partial charge in [0.15, 0.2) is 0 Å². The molecule has 9 nitrogen and oxygen atoms in total. The van der Waals surface area contributed by atoms with E-state index in [2.05, 4.69) is 10.6 Å². The predicted octanol–water partition coefficient (Wildman–Crippen LogP) is 4.40. The Hall–Kier alpha value is -4.50. The van der Waals surface area contributed by atoms with Gasteiger partial charge in [-0.25, -0.2) is 4.90 Å². The topological polar surface area (TPSA) is 106 Å². The van der Waals surface area contributed by atoms with Crippen molar-refractivity contribution in [3.8, 4) is 17.2 Å². The number of hydrogen-bond acceptors (Lipinski definition) is 7. The van der Waals surface area contributed by atoms with Crippen LogP contribution in [0.15, 0.2) is 77.5 Å². The maximum Gasteiger partial charge on any atom is 0.283 e. The molecule has 1 aliphatic rings. The lowest BCUT2D eigenvalue weighted by atomic mass is 10.1. The zero-order valence-electron chi connectivity index (χ0n) is 19.6. The fourth-order valence-electron chi connectivity index (χ4n) is 3.59. The molecule has 0 spiro atoms. The minimum atomic E-state index is -0.705. The smallest absolute Gasteiger partial charge is 0.283 e. The molecule has 0 unspecified atom stereocenters. The number of carbonyl (C=O) groups excluding carboxylic acids is 3. The number of benzene rings is 3. The highest BCUT2D eigenvalue weighted by atomic mass is 35.5. The minimum absolute atomic E-state index is 0.0993. The van der Waals surface area contributed by atoms with Gasteiger partial charge >= 0.3 is 0 Å². The summed E-state index contributed by atoms with van der Waals surface area (Å²) in [4.78, 5) is 39.6. The number of para-hydroxylation sites is 2. The molecule has 0 saturated carbocycles. The molecular formula is C26H22ClN3O6. The molecule has 1 heterocycles. The van der Waals surface area contributed by atoms with E-state index in [1.165, 1.54) is 27.4 Å². The van der Waals surface area contributed by atoms with Crippen LogP contribution in [0.5, 0.6) is 17.2 Å². The molecule has 0 saturated heterocycles. The second kappa shape index (κ2) is 10.4. The van der Waals surface area contributed by atoms with Crippen molar-refractivity contribution >= 4 is 46.4 Å². The first-order valence-electron chi connectivity index (χ1n) is 10.7. The molecule has 0 bridgehead atoms. The first-order valence-corrected chi connectivity index (χ1v) is 11.1. The van der Waals surface area contributed by atoms with Gasteiger partial charge in [-0.3, -0.25) is 14.4 Å². The van der Waals surface area contributed by atoms with Crippen molar-refractivity contribution < 1.29 is 28.6 Å². The van der Waals surface area contributed by atoms with Gasteiger partial charge in [0.1, 0.15) is 28.0 Å². The van der Waals surface area contributed by atoms with Crippen LogP contribution in [0.4, 0.5) is 17.1 Å². The highest BCUT2D eigenvalue weighted by molar-refractivity contribution is 6.53. The Morgan fingerprint density at radius 2 is 1.53 bits per heavy atom. The lowest BCUT2D eigenvalue weighted by Gasteiger charge is -2.19. The number of ether oxygens (including phenoxy) is 3. The summed E-state index contributed by atoms with van der Waals surface area (Å²) in [7, 11) is 4.42. The Morgan fingerprint density at radius 3 is 2.19 bits per heavy atom. The van der Waals surface area contributed by atoms with E-state index in [1.54, 1.807) is 60.7 Å². The fourth-order valence-corrected chi connectivity index (χ4v) is 3.81. The van der Waals surface area contributed by atoms with Gasteiger partial charge in [0, 0.05) is 17.3 Å². The number of nitrogens with zero attached hydrogens (tertiary/aromatic N) is 1. The molecule has 10 heteroatoms. The van der Waals surface area contributed by atoms with Gasteiger partial charge in [-0.2, -0.15) is 0 Å². The number of imide groups is 1. The van der Waals surface area contributed by atoms with Crippen LogP contribution in [0.3, 0.4) is 0 Å². The van der Waals surface area contributed by atoms with E-state index in [0.717, 1.165) is 4.90 Å². The number of anilines is 3. The minimum Gasteiger partial charge on any atom is -0.497 e. The number of hydrogen-bond donors (Lipinski definition) is 2. The van der Waals surface area contributed by atoms with E-state index >= 15 is 0 Å². The Bertz CT molecular complexity index is 1370. The van der Waals surface area contributed by atoms with Crippen molar-refractivity contribution in [2.45, 2.75) is 0 Å². The number of carbonyl (C=O) groups is 3.